The van der Waals surface area contributed by atoms with Gasteiger partial charge < -0.3 is 10.6 Å². The van der Waals surface area contributed by atoms with Crippen molar-refractivity contribution >= 4 is 16.0 Å². The lowest BCUT2D eigenvalue weighted by Crippen LogP contribution is -2.42. The number of sulfonamides is 1. The SMILES string of the molecule is CN=C(NCCCNS(C)(=O)=O)NCC1(c2ccccc2)CC1. The van der Waals surface area contributed by atoms with Crippen LogP contribution in [0.2, 0.25) is 0 Å². The summed E-state index contributed by atoms with van der Waals surface area (Å²) < 4.78 is 24.4. The monoisotopic (exact) mass is 338 g/mol. The van der Waals surface area contributed by atoms with E-state index in [1.54, 1.807) is 7.05 Å². The van der Waals surface area contributed by atoms with Crippen LogP contribution >= 0.6 is 0 Å². The van der Waals surface area contributed by atoms with E-state index in [0.29, 0.717) is 19.5 Å². The molecule has 2 rings (SSSR count). The van der Waals surface area contributed by atoms with Gasteiger partial charge in [-0.05, 0) is 24.8 Å². The highest BCUT2D eigenvalue weighted by atomic mass is 32.2. The zero-order chi connectivity index (χ0) is 16.8. The highest BCUT2D eigenvalue weighted by Gasteiger charge is 2.43. The molecule has 128 valence electrons. The van der Waals surface area contributed by atoms with Crippen molar-refractivity contribution in [2.45, 2.75) is 24.7 Å². The molecule has 0 atom stereocenters. The summed E-state index contributed by atoms with van der Waals surface area (Å²) in [5.41, 5.74) is 1.61. The van der Waals surface area contributed by atoms with Gasteiger partial charge in [0.1, 0.15) is 0 Å². The molecule has 7 heteroatoms. The number of guanidine groups is 1. The zero-order valence-corrected chi connectivity index (χ0v) is 14.6. The first kappa shape index (κ1) is 17.7. The third-order valence-electron chi connectivity index (χ3n) is 4.07. The molecule has 3 N–H and O–H groups in total. The van der Waals surface area contributed by atoms with E-state index < -0.39 is 10.0 Å². The predicted octanol–water partition coefficient (Wildman–Crippen LogP) is 0.823. The Hall–Kier alpha value is -1.60. The van der Waals surface area contributed by atoms with E-state index in [0.717, 1.165) is 12.5 Å². The quantitative estimate of drug-likeness (QED) is 0.372. The molecule has 6 nitrogen and oxygen atoms in total. The standard InChI is InChI=1S/C16H26N4O2S/c1-17-15(18-11-6-12-20-23(2,21)22)19-13-16(9-10-16)14-7-4-3-5-8-14/h3-5,7-8,20H,6,9-13H2,1-2H3,(H2,17,18,19). The number of rotatable bonds is 8. The van der Waals surface area contributed by atoms with E-state index in [2.05, 4.69) is 44.6 Å². The summed E-state index contributed by atoms with van der Waals surface area (Å²) in [4.78, 5) is 4.21. The minimum absolute atomic E-state index is 0.233. The molecule has 0 radical (unpaired) electrons. The van der Waals surface area contributed by atoms with Crippen LogP contribution in [0.1, 0.15) is 24.8 Å². The molecule has 1 saturated carbocycles. The molecule has 0 amide bonds. The third kappa shape index (κ3) is 5.84. The molecule has 1 aromatic carbocycles. The second-order valence-corrected chi connectivity index (χ2v) is 7.85. The van der Waals surface area contributed by atoms with Gasteiger partial charge in [-0.25, -0.2) is 13.1 Å². The smallest absolute Gasteiger partial charge is 0.208 e. The maximum absolute atomic E-state index is 11.0. The lowest BCUT2D eigenvalue weighted by atomic mass is 9.96. The Labute approximate surface area is 138 Å². The summed E-state index contributed by atoms with van der Waals surface area (Å²) >= 11 is 0. The van der Waals surface area contributed by atoms with E-state index in [-0.39, 0.29) is 5.41 Å². The largest absolute Gasteiger partial charge is 0.356 e. The van der Waals surface area contributed by atoms with Gasteiger partial charge in [0, 0.05) is 32.1 Å². The normalized spacial score (nSPS) is 16.9. The van der Waals surface area contributed by atoms with Crippen molar-refractivity contribution < 1.29 is 8.42 Å². The second kappa shape index (κ2) is 7.79. The van der Waals surface area contributed by atoms with Crippen LogP contribution in [0.15, 0.2) is 35.3 Å². The van der Waals surface area contributed by atoms with Gasteiger partial charge >= 0.3 is 0 Å². The van der Waals surface area contributed by atoms with Crippen LogP contribution in [-0.4, -0.2) is 47.3 Å². The first-order valence-corrected chi connectivity index (χ1v) is 9.79. The molecule has 0 unspecified atom stereocenters. The van der Waals surface area contributed by atoms with Crippen molar-refractivity contribution in [1.82, 2.24) is 15.4 Å². The summed E-state index contributed by atoms with van der Waals surface area (Å²) in [5, 5.41) is 6.59. The maximum atomic E-state index is 11.0. The van der Waals surface area contributed by atoms with Crippen LogP contribution in [-0.2, 0) is 15.4 Å². The minimum Gasteiger partial charge on any atom is -0.356 e. The lowest BCUT2D eigenvalue weighted by Gasteiger charge is -2.19. The molecule has 0 saturated heterocycles. The first-order valence-electron chi connectivity index (χ1n) is 7.90. The van der Waals surface area contributed by atoms with Crippen LogP contribution in [0, 0.1) is 0 Å². The molecule has 1 fully saturated rings. The zero-order valence-electron chi connectivity index (χ0n) is 13.8. The summed E-state index contributed by atoms with van der Waals surface area (Å²) in [6, 6.07) is 10.6. The van der Waals surface area contributed by atoms with Crippen LogP contribution < -0.4 is 15.4 Å². The van der Waals surface area contributed by atoms with Crippen molar-refractivity contribution in [3.63, 3.8) is 0 Å². The molecule has 1 aliphatic rings. The maximum Gasteiger partial charge on any atom is 0.208 e. The number of benzene rings is 1. The van der Waals surface area contributed by atoms with Crippen LogP contribution in [0.4, 0.5) is 0 Å². The van der Waals surface area contributed by atoms with Gasteiger partial charge in [0.25, 0.3) is 0 Å². The average molecular weight is 338 g/mol. The van der Waals surface area contributed by atoms with Gasteiger partial charge in [0.05, 0.1) is 6.26 Å². The Morgan fingerprint density at radius 1 is 1.17 bits per heavy atom. The van der Waals surface area contributed by atoms with Crippen molar-refractivity contribution in [2.24, 2.45) is 4.99 Å². The van der Waals surface area contributed by atoms with Crippen molar-refractivity contribution in [3.05, 3.63) is 35.9 Å². The molecule has 0 heterocycles. The van der Waals surface area contributed by atoms with Crippen LogP contribution in [0.3, 0.4) is 0 Å². The molecule has 0 aliphatic heterocycles. The van der Waals surface area contributed by atoms with Crippen molar-refractivity contribution in [1.29, 1.82) is 0 Å². The summed E-state index contributed by atoms with van der Waals surface area (Å²) in [7, 11) is -1.36. The van der Waals surface area contributed by atoms with Gasteiger partial charge in [0.2, 0.25) is 10.0 Å². The highest BCUT2D eigenvalue weighted by Crippen LogP contribution is 2.47. The number of nitrogens with zero attached hydrogens (tertiary/aromatic N) is 1. The Morgan fingerprint density at radius 3 is 2.43 bits per heavy atom. The van der Waals surface area contributed by atoms with Crippen molar-refractivity contribution in [3.8, 4) is 0 Å². The Bertz CT molecular complexity index is 625. The van der Waals surface area contributed by atoms with Crippen LogP contribution in [0.25, 0.3) is 0 Å². The molecule has 1 aromatic rings. The molecule has 0 aromatic heterocycles. The molecule has 23 heavy (non-hydrogen) atoms. The number of aliphatic imine (C=N–C) groups is 1. The third-order valence-corrected chi connectivity index (χ3v) is 4.80. The molecular formula is C16H26N4O2S. The Balaban J connectivity index is 1.72. The summed E-state index contributed by atoms with van der Waals surface area (Å²) in [6.45, 7) is 1.95. The molecule has 0 bridgehead atoms. The number of hydrogen-bond donors (Lipinski definition) is 3. The van der Waals surface area contributed by atoms with Gasteiger partial charge in [-0.15, -0.1) is 0 Å². The number of nitrogens with one attached hydrogen (secondary N) is 3. The second-order valence-electron chi connectivity index (χ2n) is 6.02. The topological polar surface area (TPSA) is 82.6 Å². The minimum atomic E-state index is -3.11. The lowest BCUT2D eigenvalue weighted by molar-refractivity contribution is 0.584. The van der Waals surface area contributed by atoms with E-state index in [1.165, 1.54) is 24.7 Å². The fourth-order valence-electron chi connectivity index (χ4n) is 2.54. The highest BCUT2D eigenvalue weighted by molar-refractivity contribution is 7.88. The number of hydrogen-bond acceptors (Lipinski definition) is 3. The summed E-state index contributed by atoms with van der Waals surface area (Å²) in [5.74, 6) is 0.756. The van der Waals surface area contributed by atoms with Crippen molar-refractivity contribution in [2.75, 3.05) is 32.9 Å². The average Bonchev–Trinajstić information content (AvgIpc) is 3.31. The fourth-order valence-corrected chi connectivity index (χ4v) is 3.05. The summed E-state index contributed by atoms with van der Waals surface area (Å²) in [6.07, 6.45) is 4.26. The fraction of sp³-hybridized carbons (Fsp3) is 0.562. The van der Waals surface area contributed by atoms with Gasteiger partial charge in [-0.3, -0.25) is 4.99 Å². The van der Waals surface area contributed by atoms with Gasteiger partial charge in [0.15, 0.2) is 5.96 Å². The van der Waals surface area contributed by atoms with E-state index in [9.17, 15) is 8.42 Å². The molecule has 1 aliphatic carbocycles. The first-order chi connectivity index (χ1) is 11.0. The Kier molecular flexibility index (Phi) is 6.01. The van der Waals surface area contributed by atoms with E-state index in [1.807, 2.05) is 6.07 Å². The van der Waals surface area contributed by atoms with E-state index >= 15 is 0 Å². The van der Waals surface area contributed by atoms with Gasteiger partial charge in [-0.2, -0.15) is 0 Å². The van der Waals surface area contributed by atoms with E-state index in [4.69, 9.17) is 0 Å². The Morgan fingerprint density at radius 2 is 1.87 bits per heavy atom. The van der Waals surface area contributed by atoms with Crippen LogP contribution in [0.5, 0.6) is 0 Å². The molecule has 0 spiro atoms. The predicted molar refractivity (Wildman–Crippen MR) is 94.2 cm³/mol. The molecular weight excluding hydrogens is 312 g/mol. The van der Waals surface area contributed by atoms with Gasteiger partial charge in [-0.1, -0.05) is 30.3 Å².